The smallest absolute Gasteiger partial charge is 0.223 e. The normalized spacial score (nSPS) is 21.8. The molecule has 1 aromatic heterocycles. The summed E-state index contributed by atoms with van der Waals surface area (Å²) >= 11 is 0. The van der Waals surface area contributed by atoms with Crippen molar-refractivity contribution in [2.45, 2.75) is 69.9 Å². The van der Waals surface area contributed by atoms with Crippen molar-refractivity contribution in [3.05, 3.63) is 41.6 Å². The molecule has 6 nitrogen and oxygen atoms in total. The first kappa shape index (κ1) is 22.9. The summed E-state index contributed by atoms with van der Waals surface area (Å²) in [4.78, 5) is 14.0. The summed E-state index contributed by atoms with van der Waals surface area (Å²) < 4.78 is 5.14. The second-order valence-electron chi connectivity index (χ2n) is 9.16. The molecular formula is C26H37N5O. The highest BCUT2D eigenvalue weighted by atomic mass is 16.5. The highest BCUT2D eigenvalue weighted by molar-refractivity contribution is 5.85. The Labute approximate surface area is 192 Å². The number of methoxy groups -OCH3 is 1. The number of ether oxygens (including phenoxy) is 1. The second kappa shape index (κ2) is 10.5. The van der Waals surface area contributed by atoms with Crippen LogP contribution in [0.25, 0.3) is 11.3 Å². The number of benzene rings is 1. The molecule has 2 aromatic rings. The van der Waals surface area contributed by atoms with Crippen molar-refractivity contribution < 1.29 is 4.74 Å². The first-order valence-corrected chi connectivity index (χ1v) is 12.1. The minimum absolute atomic E-state index is 0.129. The van der Waals surface area contributed by atoms with Crippen LogP contribution in [0, 0.1) is 0 Å². The molecule has 0 unspecified atom stereocenters. The molecule has 6 heteroatoms. The van der Waals surface area contributed by atoms with Crippen molar-refractivity contribution in [3.63, 3.8) is 0 Å². The molecule has 0 spiro atoms. The molecule has 2 aliphatic rings. The quantitative estimate of drug-likeness (QED) is 0.564. The summed E-state index contributed by atoms with van der Waals surface area (Å²) in [6.07, 6.45) is 10.7. The molecule has 172 valence electrons. The lowest BCUT2D eigenvalue weighted by atomic mass is 9.72. The predicted molar refractivity (Wildman–Crippen MR) is 132 cm³/mol. The third-order valence-electron chi connectivity index (χ3n) is 7.35. The number of aliphatic imine (C=N–C) groups is 1. The van der Waals surface area contributed by atoms with Gasteiger partial charge in [0.05, 0.1) is 12.3 Å². The third-order valence-corrected chi connectivity index (χ3v) is 7.35. The summed E-state index contributed by atoms with van der Waals surface area (Å²) in [6, 6.07) is 9.72. The van der Waals surface area contributed by atoms with Gasteiger partial charge in [-0.25, -0.2) is 9.97 Å². The molecule has 0 radical (unpaired) electrons. The van der Waals surface area contributed by atoms with Gasteiger partial charge in [-0.2, -0.15) is 0 Å². The van der Waals surface area contributed by atoms with Crippen LogP contribution in [0.3, 0.4) is 0 Å². The van der Waals surface area contributed by atoms with Crippen LogP contribution in [0.4, 0.5) is 5.95 Å². The van der Waals surface area contributed by atoms with Gasteiger partial charge in [-0.3, -0.25) is 4.99 Å². The van der Waals surface area contributed by atoms with E-state index in [0.717, 1.165) is 62.6 Å². The molecule has 0 saturated heterocycles. The molecular weight excluding hydrogens is 398 g/mol. The zero-order valence-corrected chi connectivity index (χ0v) is 19.7. The Morgan fingerprint density at radius 3 is 2.59 bits per heavy atom. The molecule has 0 bridgehead atoms. The molecule has 0 amide bonds. The van der Waals surface area contributed by atoms with Crippen molar-refractivity contribution >= 4 is 12.2 Å². The van der Waals surface area contributed by atoms with Gasteiger partial charge in [0, 0.05) is 55.7 Å². The lowest BCUT2D eigenvalue weighted by Crippen LogP contribution is -2.38. The van der Waals surface area contributed by atoms with E-state index >= 15 is 0 Å². The fourth-order valence-electron chi connectivity index (χ4n) is 5.12. The molecule has 1 aliphatic carbocycles. The Kier molecular flexibility index (Phi) is 7.53. The molecule has 1 fully saturated rings. The third kappa shape index (κ3) is 5.02. The highest BCUT2D eigenvalue weighted by Crippen LogP contribution is 2.38. The van der Waals surface area contributed by atoms with Gasteiger partial charge in [0.15, 0.2) is 0 Å². The zero-order chi connectivity index (χ0) is 22.4. The van der Waals surface area contributed by atoms with Gasteiger partial charge < -0.3 is 15.4 Å². The molecule has 0 atom stereocenters. The van der Waals surface area contributed by atoms with E-state index in [4.69, 9.17) is 9.72 Å². The average Bonchev–Trinajstić information content (AvgIpc) is 2.85. The number of nitrogens with zero attached hydrogens (tertiary/aromatic N) is 3. The first-order valence-electron chi connectivity index (χ1n) is 12.1. The van der Waals surface area contributed by atoms with Crippen molar-refractivity contribution in [3.8, 4) is 11.3 Å². The van der Waals surface area contributed by atoms with Gasteiger partial charge in [-0.15, -0.1) is 0 Å². The Bertz CT molecular complexity index is 916. The van der Waals surface area contributed by atoms with Gasteiger partial charge in [0.2, 0.25) is 5.95 Å². The molecule has 32 heavy (non-hydrogen) atoms. The minimum atomic E-state index is 0.129. The van der Waals surface area contributed by atoms with Gasteiger partial charge in [0.1, 0.15) is 0 Å². The van der Waals surface area contributed by atoms with Gasteiger partial charge in [-0.05, 0) is 61.8 Å². The minimum Gasteiger partial charge on any atom is -0.383 e. The Hall–Kier alpha value is -2.31. The van der Waals surface area contributed by atoms with Crippen LogP contribution in [-0.4, -0.2) is 55.1 Å². The first-order chi connectivity index (χ1) is 15.7. The zero-order valence-electron chi connectivity index (χ0n) is 19.7. The molecule has 2 N–H and O–H groups in total. The van der Waals surface area contributed by atoms with Crippen LogP contribution in [0.15, 0.2) is 35.5 Å². The van der Waals surface area contributed by atoms with Crippen molar-refractivity contribution in [2.75, 3.05) is 32.1 Å². The van der Waals surface area contributed by atoms with Crippen LogP contribution in [0.1, 0.15) is 63.5 Å². The standard InChI is InChI=1S/C26H37N5O/c1-4-26(5-2)18-27-17-20-7-6-19(16-23(20)26)24-12-13-29-25(31-24)30-22-10-8-21(9-11-22)28-14-15-32-3/h6-7,12-13,16-17,21-22,28H,4-5,8-11,14-15,18H2,1-3H3,(H,29,30,31). The Morgan fingerprint density at radius 1 is 1.06 bits per heavy atom. The summed E-state index contributed by atoms with van der Waals surface area (Å²) in [7, 11) is 1.75. The van der Waals surface area contributed by atoms with Crippen LogP contribution >= 0.6 is 0 Å². The van der Waals surface area contributed by atoms with E-state index in [1.54, 1.807) is 7.11 Å². The number of fused-ring (bicyclic) bond motifs is 1. The van der Waals surface area contributed by atoms with Crippen molar-refractivity contribution in [1.29, 1.82) is 0 Å². The van der Waals surface area contributed by atoms with E-state index in [1.807, 2.05) is 18.5 Å². The second-order valence-corrected chi connectivity index (χ2v) is 9.16. The molecule has 1 saturated carbocycles. The van der Waals surface area contributed by atoms with Crippen LogP contribution in [0.2, 0.25) is 0 Å². The summed E-state index contributed by atoms with van der Waals surface area (Å²) in [5, 5.41) is 7.17. The summed E-state index contributed by atoms with van der Waals surface area (Å²) in [5.41, 5.74) is 4.91. The van der Waals surface area contributed by atoms with E-state index in [0.29, 0.717) is 12.1 Å². The van der Waals surface area contributed by atoms with Crippen molar-refractivity contribution in [2.24, 2.45) is 4.99 Å². The van der Waals surface area contributed by atoms with E-state index in [-0.39, 0.29) is 5.41 Å². The topological polar surface area (TPSA) is 71.4 Å². The van der Waals surface area contributed by atoms with Crippen LogP contribution in [-0.2, 0) is 10.2 Å². The Balaban J connectivity index is 1.45. The maximum atomic E-state index is 5.14. The van der Waals surface area contributed by atoms with E-state index < -0.39 is 0 Å². The SMILES string of the molecule is CCC1(CC)CN=Cc2ccc(-c3ccnc(NC4CCC(NCCOC)CC4)n3)cc21. The van der Waals surface area contributed by atoms with E-state index in [9.17, 15) is 0 Å². The van der Waals surface area contributed by atoms with E-state index in [1.165, 1.54) is 24.0 Å². The lowest BCUT2D eigenvalue weighted by Gasteiger charge is -2.35. The number of hydrogen-bond acceptors (Lipinski definition) is 6. The maximum Gasteiger partial charge on any atom is 0.223 e. The summed E-state index contributed by atoms with van der Waals surface area (Å²) in [5.74, 6) is 0.731. The molecule has 1 aromatic carbocycles. The predicted octanol–water partition coefficient (Wildman–Crippen LogP) is 4.59. The maximum absolute atomic E-state index is 5.14. The number of anilines is 1. The van der Waals surface area contributed by atoms with E-state index in [2.05, 4.69) is 52.7 Å². The number of hydrogen-bond donors (Lipinski definition) is 2. The summed E-state index contributed by atoms with van der Waals surface area (Å²) in [6.45, 7) is 7.11. The Morgan fingerprint density at radius 2 is 1.84 bits per heavy atom. The molecule has 1 aliphatic heterocycles. The van der Waals surface area contributed by atoms with Crippen molar-refractivity contribution in [1.82, 2.24) is 15.3 Å². The highest BCUT2D eigenvalue weighted by Gasteiger charge is 2.32. The number of rotatable bonds is 9. The fourth-order valence-corrected chi connectivity index (χ4v) is 5.12. The molecule has 4 rings (SSSR count). The monoisotopic (exact) mass is 435 g/mol. The molecule has 2 heterocycles. The fraction of sp³-hybridized carbons (Fsp3) is 0.577. The number of aromatic nitrogens is 2. The lowest BCUT2D eigenvalue weighted by molar-refractivity contribution is 0.191. The van der Waals surface area contributed by atoms with Crippen LogP contribution in [0.5, 0.6) is 0 Å². The number of nitrogens with one attached hydrogen (secondary N) is 2. The van der Waals surface area contributed by atoms with Gasteiger partial charge in [0.25, 0.3) is 0 Å². The van der Waals surface area contributed by atoms with Gasteiger partial charge >= 0.3 is 0 Å². The average molecular weight is 436 g/mol. The van der Waals surface area contributed by atoms with Crippen LogP contribution < -0.4 is 10.6 Å². The van der Waals surface area contributed by atoms with Gasteiger partial charge in [-0.1, -0.05) is 26.0 Å². The largest absolute Gasteiger partial charge is 0.383 e.